The van der Waals surface area contributed by atoms with Gasteiger partial charge in [-0.3, -0.25) is 4.79 Å². The van der Waals surface area contributed by atoms with Gasteiger partial charge in [-0.15, -0.1) is 0 Å². The molecule has 98 valence electrons. The van der Waals surface area contributed by atoms with Crippen molar-refractivity contribution < 1.29 is 18.7 Å². The van der Waals surface area contributed by atoms with E-state index in [9.17, 15) is 9.59 Å². The van der Waals surface area contributed by atoms with Crippen LogP contribution in [0.2, 0.25) is 0 Å². The number of nitrogens with one attached hydrogen (secondary N) is 1. The molecule has 1 fully saturated rings. The molecule has 18 heavy (non-hydrogen) atoms. The van der Waals surface area contributed by atoms with E-state index < -0.39 is 5.54 Å². The molecule has 1 aliphatic carbocycles. The Balaban J connectivity index is 2.11. The number of furan rings is 1. The summed E-state index contributed by atoms with van der Waals surface area (Å²) in [6, 6.07) is 3.21. The average Bonchev–Trinajstić information content (AvgIpc) is 3.00. The minimum atomic E-state index is -0.875. The number of carbonyl (C=O) groups excluding carboxylic acids is 2. The predicted molar refractivity (Wildman–Crippen MR) is 64.0 cm³/mol. The number of ether oxygens (including phenoxy) is 1. The maximum atomic E-state index is 12.0. The fourth-order valence-corrected chi connectivity index (χ4v) is 2.31. The van der Waals surface area contributed by atoms with E-state index in [1.165, 1.54) is 6.26 Å². The molecule has 1 N–H and O–H groups in total. The van der Waals surface area contributed by atoms with E-state index in [0.29, 0.717) is 19.4 Å². The molecule has 1 heterocycles. The largest absolute Gasteiger partial charge is 0.464 e. The standard InChI is InChI=1S/C13H17NO4/c1-2-17-12(16)13(7-3-4-8-13)14-11(15)10-6-5-9-18-10/h5-6,9H,2-4,7-8H2,1H3,(H,14,15). The molecule has 5 heteroatoms. The summed E-state index contributed by atoms with van der Waals surface area (Å²) >= 11 is 0. The smallest absolute Gasteiger partial charge is 0.331 e. The van der Waals surface area contributed by atoms with Crippen molar-refractivity contribution in [3.8, 4) is 0 Å². The average molecular weight is 251 g/mol. The number of hydrogen-bond donors (Lipinski definition) is 1. The molecule has 5 nitrogen and oxygen atoms in total. The lowest BCUT2D eigenvalue weighted by Crippen LogP contribution is -2.53. The lowest BCUT2D eigenvalue weighted by molar-refractivity contribution is -0.150. The molecule has 0 spiro atoms. The van der Waals surface area contributed by atoms with Gasteiger partial charge in [0.25, 0.3) is 5.91 Å². The second-order valence-corrected chi connectivity index (χ2v) is 4.44. The van der Waals surface area contributed by atoms with Crippen molar-refractivity contribution in [1.82, 2.24) is 5.32 Å². The zero-order valence-electron chi connectivity index (χ0n) is 10.4. The van der Waals surface area contributed by atoms with Crippen LogP contribution in [0, 0.1) is 0 Å². The molecule has 0 radical (unpaired) electrons. The topological polar surface area (TPSA) is 68.5 Å². The van der Waals surface area contributed by atoms with Crippen molar-refractivity contribution in [3.05, 3.63) is 24.2 Å². The second kappa shape index (κ2) is 5.25. The van der Waals surface area contributed by atoms with Gasteiger partial charge < -0.3 is 14.5 Å². The summed E-state index contributed by atoms with van der Waals surface area (Å²) in [5, 5.41) is 2.77. The number of rotatable bonds is 4. The minimum absolute atomic E-state index is 0.213. The van der Waals surface area contributed by atoms with Gasteiger partial charge in [-0.1, -0.05) is 12.8 Å². The Labute approximate surface area is 105 Å². The zero-order chi connectivity index (χ0) is 13.0. The van der Waals surface area contributed by atoms with Gasteiger partial charge in [0.05, 0.1) is 12.9 Å². The third-order valence-electron chi connectivity index (χ3n) is 3.22. The third kappa shape index (κ3) is 2.39. The van der Waals surface area contributed by atoms with E-state index in [0.717, 1.165) is 12.8 Å². The van der Waals surface area contributed by atoms with Crippen LogP contribution < -0.4 is 5.32 Å². The van der Waals surface area contributed by atoms with Crippen LogP contribution in [0.1, 0.15) is 43.2 Å². The third-order valence-corrected chi connectivity index (χ3v) is 3.22. The first-order valence-corrected chi connectivity index (χ1v) is 6.21. The van der Waals surface area contributed by atoms with Crippen molar-refractivity contribution in [2.75, 3.05) is 6.61 Å². The van der Waals surface area contributed by atoms with Gasteiger partial charge >= 0.3 is 5.97 Å². The van der Waals surface area contributed by atoms with Crippen LogP contribution in [0.15, 0.2) is 22.8 Å². The minimum Gasteiger partial charge on any atom is -0.464 e. The van der Waals surface area contributed by atoms with Crippen molar-refractivity contribution >= 4 is 11.9 Å². The summed E-state index contributed by atoms with van der Waals surface area (Å²) in [6.45, 7) is 2.08. The first-order chi connectivity index (χ1) is 8.68. The maximum absolute atomic E-state index is 12.0. The highest BCUT2D eigenvalue weighted by Crippen LogP contribution is 2.31. The molecule has 1 amide bonds. The summed E-state index contributed by atoms with van der Waals surface area (Å²) in [5.41, 5.74) is -0.875. The van der Waals surface area contributed by atoms with E-state index in [1.807, 2.05) is 0 Å². The summed E-state index contributed by atoms with van der Waals surface area (Å²) in [7, 11) is 0. The van der Waals surface area contributed by atoms with Crippen LogP contribution in [0.25, 0.3) is 0 Å². The highest BCUT2D eigenvalue weighted by Gasteiger charge is 2.44. The van der Waals surface area contributed by atoms with Gasteiger partial charge in [0.1, 0.15) is 5.54 Å². The molecular formula is C13H17NO4. The van der Waals surface area contributed by atoms with Crippen molar-refractivity contribution in [3.63, 3.8) is 0 Å². The molecule has 0 atom stereocenters. The van der Waals surface area contributed by atoms with Crippen LogP contribution in [0.5, 0.6) is 0 Å². The Morgan fingerprint density at radius 2 is 2.17 bits per heavy atom. The van der Waals surface area contributed by atoms with Gasteiger partial charge in [-0.2, -0.15) is 0 Å². The van der Waals surface area contributed by atoms with Crippen molar-refractivity contribution in [2.24, 2.45) is 0 Å². The van der Waals surface area contributed by atoms with E-state index in [2.05, 4.69) is 5.32 Å². The Kier molecular flexibility index (Phi) is 3.69. The highest BCUT2D eigenvalue weighted by atomic mass is 16.5. The van der Waals surface area contributed by atoms with Gasteiger partial charge in [0, 0.05) is 0 Å². The van der Waals surface area contributed by atoms with E-state index >= 15 is 0 Å². The van der Waals surface area contributed by atoms with Crippen LogP contribution in [0.3, 0.4) is 0 Å². The molecule has 1 aromatic heterocycles. The van der Waals surface area contributed by atoms with Crippen molar-refractivity contribution in [2.45, 2.75) is 38.1 Å². The Morgan fingerprint density at radius 1 is 1.44 bits per heavy atom. The van der Waals surface area contributed by atoms with Crippen LogP contribution in [0.4, 0.5) is 0 Å². The molecular weight excluding hydrogens is 234 g/mol. The molecule has 0 aromatic carbocycles. The van der Waals surface area contributed by atoms with Crippen LogP contribution in [-0.2, 0) is 9.53 Å². The molecule has 0 bridgehead atoms. The monoisotopic (exact) mass is 251 g/mol. The predicted octanol–water partition coefficient (Wildman–Crippen LogP) is 1.89. The number of esters is 1. The SMILES string of the molecule is CCOC(=O)C1(NC(=O)c2ccco2)CCCC1. The van der Waals surface area contributed by atoms with Crippen LogP contribution >= 0.6 is 0 Å². The number of hydrogen-bond acceptors (Lipinski definition) is 4. The lowest BCUT2D eigenvalue weighted by atomic mass is 9.97. The van der Waals surface area contributed by atoms with Gasteiger partial charge in [0.2, 0.25) is 0 Å². The molecule has 1 aliphatic rings. The van der Waals surface area contributed by atoms with Gasteiger partial charge in [-0.05, 0) is 31.9 Å². The van der Waals surface area contributed by atoms with Crippen LogP contribution in [-0.4, -0.2) is 24.0 Å². The molecule has 2 rings (SSSR count). The Morgan fingerprint density at radius 3 is 2.72 bits per heavy atom. The maximum Gasteiger partial charge on any atom is 0.331 e. The lowest BCUT2D eigenvalue weighted by Gasteiger charge is -2.27. The van der Waals surface area contributed by atoms with Crippen molar-refractivity contribution in [1.29, 1.82) is 0 Å². The fraction of sp³-hybridized carbons (Fsp3) is 0.538. The second-order valence-electron chi connectivity index (χ2n) is 4.44. The summed E-state index contributed by atoms with van der Waals surface area (Å²) in [4.78, 5) is 24.0. The van der Waals surface area contributed by atoms with Gasteiger partial charge in [-0.25, -0.2) is 4.79 Å². The van der Waals surface area contributed by atoms with E-state index in [4.69, 9.17) is 9.15 Å². The molecule has 0 saturated heterocycles. The Bertz CT molecular complexity index is 418. The molecule has 1 aromatic rings. The fourth-order valence-electron chi connectivity index (χ4n) is 2.31. The summed E-state index contributed by atoms with van der Waals surface area (Å²) in [6.07, 6.45) is 4.51. The van der Waals surface area contributed by atoms with E-state index in [1.54, 1.807) is 19.1 Å². The highest BCUT2D eigenvalue weighted by molar-refractivity contribution is 5.96. The molecule has 0 aliphatic heterocycles. The molecule has 1 saturated carbocycles. The Hall–Kier alpha value is -1.78. The first-order valence-electron chi connectivity index (χ1n) is 6.21. The zero-order valence-corrected chi connectivity index (χ0v) is 10.4. The summed E-state index contributed by atoms with van der Waals surface area (Å²) in [5.74, 6) is -0.497. The molecule has 0 unspecified atom stereocenters. The quantitative estimate of drug-likeness (QED) is 0.830. The van der Waals surface area contributed by atoms with Gasteiger partial charge in [0.15, 0.2) is 5.76 Å². The van der Waals surface area contributed by atoms with E-state index in [-0.39, 0.29) is 17.6 Å². The summed E-state index contributed by atoms with van der Waals surface area (Å²) < 4.78 is 10.1. The normalized spacial score (nSPS) is 17.4. The number of carbonyl (C=O) groups is 2. The number of amides is 1. The first kappa shape index (κ1) is 12.7.